The van der Waals surface area contributed by atoms with Gasteiger partial charge < -0.3 is 9.52 Å². The van der Waals surface area contributed by atoms with Crippen molar-refractivity contribution >= 4 is 21.8 Å². The Morgan fingerprint density at radius 2 is 1.94 bits per heavy atom. The number of hydrogen-bond acceptors (Lipinski definition) is 5. The van der Waals surface area contributed by atoms with Gasteiger partial charge in [-0.3, -0.25) is 0 Å². The predicted molar refractivity (Wildman–Crippen MR) is 72.3 cm³/mol. The van der Waals surface area contributed by atoms with E-state index in [-0.39, 0.29) is 11.5 Å². The average molecular weight is 293 g/mol. The number of aliphatic hydroxyl groups is 1. The molecule has 1 rings (SSSR count). The van der Waals surface area contributed by atoms with Gasteiger partial charge in [-0.2, -0.15) is 16.1 Å². The minimum Gasteiger partial charge on any atom is -0.465 e. The zero-order valence-corrected chi connectivity index (χ0v) is 12.7. The highest BCUT2D eigenvalue weighted by molar-refractivity contribution is 7.98. The summed E-state index contributed by atoms with van der Waals surface area (Å²) in [6.07, 6.45) is 1.92. The molecule has 0 spiro atoms. The summed E-state index contributed by atoms with van der Waals surface area (Å²) in [5.74, 6) is 1.50. The third-order valence-electron chi connectivity index (χ3n) is 2.76. The van der Waals surface area contributed by atoms with Crippen molar-refractivity contribution in [1.29, 1.82) is 0 Å². The van der Waals surface area contributed by atoms with Gasteiger partial charge in [0.15, 0.2) is 0 Å². The van der Waals surface area contributed by atoms with Crippen LogP contribution in [-0.4, -0.2) is 43.4 Å². The second kappa shape index (κ2) is 6.10. The van der Waals surface area contributed by atoms with Crippen LogP contribution in [0.1, 0.15) is 17.1 Å². The number of hydrogen-bond donors (Lipinski definition) is 1. The maximum absolute atomic E-state index is 12.4. The Morgan fingerprint density at radius 1 is 1.33 bits per heavy atom. The van der Waals surface area contributed by atoms with Crippen LogP contribution in [0.3, 0.4) is 0 Å². The molecule has 0 radical (unpaired) electrons. The van der Waals surface area contributed by atoms with Crippen LogP contribution in [0.25, 0.3) is 0 Å². The van der Waals surface area contributed by atoms with Crippen LogP contribution in [-0.2, 0) is 16.6 Å². The van der Waals surface area contributed by atoms with E-state index in [9.17, 15) is 13.5 Å². The molecule has 0 fully saturated rings. The molecule has 1 N–H and O–H groups in total. The maximum Gasteiger partial charge on any atom is 0.246 e. The molecule has 0 atom stereocenters. The second-order valence-electron chi connectivity index (χ2n) is 4.00. The summed E-state index contributed by atoms with van der Waals surface area (Å²) in [5.41, 5.74) is 0.350. The van der Waals surface area contributed by atoms with Crippen molar-refractivity contribution in [3.63, 3.8) is 0 Å². The van der Waals surface area contributed by atoms with E-state index in [1.54, 1.807) is 25.6 Å². The fraction of sp³-hybridized carbons (Fsp3) is 0.636. The van der Waals surface area contributed by atoms with Gasteiger partial charge in [0, 0.05) is 24.9 Å². The summed E-state index contributed by atoms with van der Waals surface area (Å²) >= 11 is 1.58. The lowest BCUT2D eigenvalue weighted by molar-refractivity contribution is 0.276. The van der Waals surface area contributed by atoms with Crippen LogP contribution in [0.4, 0.5) is 0 Å². The first-order valence-electron chi connectivity index (χ1n) is 5.51. The van der Waals surface area contributed by atoms with Crippen molar-refractivity contribution in [2.75, 3.05) is 25.6 Å². The third kappa shape index (κ3) is 2.90. The number of thioether (sulfide) groups is 1. The van der Waals surface area contributed by atoms with Gasteiger partial charge in [-0.1, -0.05) is 0 Å². The Balaban J connectivity index is 3.20. The molecule has 0 amide bonds. The average Bonchev–Trinajstić information content (AvgIpc) is 2.60. The van der Waals surface area contributed by atoms with Gasteiger partial charge in [0.05, 0.1) is 6.61 Å². The Labute approximate surface area is 112 Å². The van der Waals surface area contributed by atoms with Crippen molar-refractivity contribution in [1.82, 2.24) is 4.31 Å². The van der Waals surface area contributed by atoms with Crippen molar-refractivity contribution < 1.29 is 17.9 Å². The molecule has 0 unspecified atom stereocenters. The number of sulfonamides is 1. The molecule has 0 bridgehead atoms. The fourth-order valence-electron chi connectivity index (χ4n) is 1.73. The molecule has 18 heavy (non-hydrogen) atoms. The summed E-state index contributed by atoms with van der Waals surface area (Å²) in [6.45, 7) is 3.34. The molecule has 0 aromatic carbocycles. The summed E-state index contributed by atoms with van der Waals surface area (Å²) in [4.78, 5) is 0.103. The molecule has 104 valence electrons. The Bertz CT molecular complexity index is 507. The molecule has 7 heteroatoms. The van der Waals surface area contributed by atoms with Gasteiger partial charge in [-0.05, 0) is 20.1 Å². The molecule has 1 aromatic rings. The molecule has 0 aliphatic rings. The zero-order chi connectivity index (χ0) is 13.9. The van der Waals surface area contributed by atoms with Gasteiger partial charge in [0.1, 0.15) is 16.4 Å². The lowest BCUT2D eigenvalue weighted by atomic mass is 10.2. The highest BCUT2D eigenvalue weighted by atomic mass is 32.2. The van der Waals surface area contributed by atoms with Crippen LogP contribution in [0.5, 0.6) is 0 Å². The molecule has 0 saturated heterocycles. The number of nitrogens with zero attached hydrogens (tertiary/aromatic N) is 1. The van der Waals surface area contributed by atoms with E-state index in [2.05, 4.69) is 0 Å². The van der Waals surface area contributed by atoms with Gasteiger partial charge in [-0.25, -0.2) is 8.42 Å². The summed E-state index contributed by atoms with van der Waals surface area (Å²) < 4.78 is 31.4. The normalized spacial score (nSPS) is 12.3. The summed E-state index contributed by atoms with van der Waals surface area (Å²) in [7, 11) is -2.06. The Morgan fingerprint density at radius 3 is 2.44 bits per heavy atom. The Hall–Kier alpha value is -0.500. The topological polar surface area (TPSA) is 70.8 Å². The monoisotopic (exact) mass is 293 g/mol. The van der Waals surface area contributed by atoms with E-state index >= 15 is 0 Å². The van der Waals surface area contributed by atoms with E-state index in [1.165, 1.54) is 11.4 Å². The van der Waals surface area contributed by atoms with Crippen LogP contribution in [0.2, 0.25) is 0 Å². The van der Waals surface area contributed by atoms with Crippen molar-refractivity contribution in [2.45, 2.75) is 25.3 Å². The van der Waals surface area contributed by atoms with Gasteiger partial charge >= 0.3 is 0 Å². The van der Waals surface area contributed by atoms with Gasteiger partial charge in [-0.15, -0.1) is 0 Å². The molecule has 1 aromatic heterocycles. The highest BCUT2D eigenvalue weighted by Gasteiger charge is 2.29. The third-order valence-corrected chi connectivity index (χ3v) is 5.41. The van der Waals surface area contributed by atoms with E-state index < -0.39 is 10.0 Å². The van der Waals surface area contributed by atoms with Crippen molar-refractivity contribution in [3.8, 4) is 0 Å². The fourth-order valence-corrected chi connectivity index (χ4v) is 3.87. The zero-order valence-electron chi connectivity index (χ0n) is 11.1. The maximum atomic E-state index is 12.4. The van der Waals surface area contributed by atoms with Crippen molar-refractivity contribution in [2.24, 2.45) is 0 Å². The molecular formula is C11H19NO4S2. The van der Waals surface area contributed by atoms with Crippen molar-refractivity contribution in [3.05, 3.63) is 17.1 Å². The molecular weight excluding hydrogens is 274 g/mol. The van der Waals surface area contributed by atoms with E-state index in [4.69, 9.17) is 4.42 Å². The van der Waals surface area contributed by atoms with Crippen LogP contribution < -0.4 is 0 Å². The largest absolute Gasteiger partial charge is 0.465 e. The van der Waals surface area contributed by atoms with Gasteiger partial charge in [0.25, 0.3) is 0 Å². The number of furan rings is 1. The number of aryl methyl sites for hydroxylation is 2. The van der Waals surface area contributed by atoms with Crippen LogP contribution >= 0.6 is 11.8 Å². The number of aliphatic hydroxyl groups excluding tert-OH is 1. The minimum atomic E-state index is -3.60. The lowest BCUT2D eigenvalue weighted by Gasteiger charge is -2.16. The quantitative estimate of drug-likeness (QED) is 0.858. The minimum absolute atomic E-state index is 0.103. The molecule has 5 nitrogen and oxygen atoms in total. The van der Waals surface area contributed by atoms with E-state index in [0.717, 1.165) is 5.75 Å². The molecule has 0 aliphatic carbocycles. The molecule has 1 heterocycles. The number of rotatable bonds is 6. The first-order valence-corrected chi connectivity index (χ1v) is 8.34. The smallest absolute Gasteiger partial charge is 0.246 e. The predicted octanol–water partition coefficient (Wildman–Crippen LogP) is 1.37. The van der Waals surface area contributed by atoms with Gasteiger partial charge in [0.2, 0.25) is 10.0 Å². The first kappa shape index (κ1) is 15.6. The SMILES string of the molecule is CSCCN(C)S(=O)(=O)c1c(C)oc(C)c1CO. The Kier molecular flexibility index (Phi) is 5.27. The molecule has 0 aliphatic heterocycles. The first-order chi connectivity index (χ1) is 8.36. The summed E-state index contributed by atoms with van der Waals surface area (Å²) in [5, 5.41) is 9.29. The highest BCUT2D eigenvalue weighted by Crippen LogP contribution is 2.28. The summed E-state index contributed by atoms with van der Waals surface area (Å²) in [6, 6.07) is 0. The van der Waals surface area contributed by atoms with Crippen LogP contribution in [0.15, 0.2) is 9.31 Å². The van der Waals surface area contributed by atoms with Crippen LogP contribution in [0, 0.1) is 13.8 Å². The lowest BCUT2D eigenvalue weighted by Crippen LogP contribution is -2.30. The van der Waals surface area contributed by atoms with E-state index in [1.807, 2.05) is 6.26 Å². The standard InChI is InChI=1S/C11H19NO4S2/c1-8-10(7-13)11(9(2)16-8)18(14,15)12(3)5-6-17-4/h13H,5-7H2,1-4H3. The second-order valence-corrected chi connectivity index (χ2v) is 6.97. The van der Waals surface area contributed by atoms with E-state index in [0.29, 0.717) is 23.6 Å². The molecule has 0 saturated carbocycles.